The molecule has 1 atom stereocenters. The van der Waals surface area contributed by atoms with E-state index in [4.69, 9.17) is 0 Å². The van der Waals surface area contributed by atoms with Gasteiger partial charge < -0.3 is 5.32 Å². The average Bonchev–Trinajstić information content (AvgIpc) is 2.48. The molecule has 0 saturated carbocycles. The van der Waals surface area contributed by atoms with Gasteiger partial charge in [0.2, 0.25) is 5.91 Å². The van der Waals surface area contributed by atoms with Crippen LogP contribution in [0.15, 0.2) is 24.3 Å². The first-order valence-electron chi connectivity index (χ1n) is 7.85. The highest BCUT2D eigenvalue weighted by molar-refractivity contribution is 5.92. The summed E-state index contributed by atoms with van der Waals surface area (Å²) >= 11 is 0. The molecule has 1 aliphatic rings. The number of nitrogens with one attached hydrogen (secondary N) is 1. The molecule has 1 aliphatic heterocycles. The molecule has 2 rings (SSSR count). The van der Waals surface area contributed by atoms with Crippen LogP contribution in [0.5, 0.6) is 0 Å². The van der Waals surface area contributed by atoms with Gasteiger partial charge in [0.1, 0.15) is 0 Å². The minimum Gasteiger partial charge on any atom is -0.325 e. The summed E-state index contributed by atoms with van der Waals surface area (Å²) in [5, 5.41) is 3.03. The van der Waals surface area contributed by atoms with Crippen LogP contribution in [0.4, 0.5) is 5.69 Å². The largest absolute Gasteiger partial charge is 0.325 e. The second-order valence-corrected chi connectivity index (χ2v) is 5.63. The maximum Gasteiger partial charge on any atom is 0.238 e. The van der Waals surface area contributed by atoms with Crippen LogP contribution in [0.3, 0.4) is 0 Å². The molecule has 1 aromatic carbocycles. The Bertz CT molecular complexity index is 444. The van der Waals surface area contributed by atoms with Gasteiger partial charge >= 0.3 is 0 Å². The maximum absolute atomic E-state index is 12.2. The number of anilines is 1. The summed E-state index contributed by atoms with van der Waals surface area (Å²) in [6, 6.07) is 8.70. The van der Waals surface area contributed by atoms with E-state index in [9.17, 15) is 4.79 Å². The van der Waals surface area contributed by atoms with E-state index >= 15 is 0 Å². The second kappa shape index (κ2) is 7.44. The van der Waals surface area contributed by atoms with Crippen molar-refractivity contribution < 1.29 is 4.79 Å². The van der Waals surface area contributed by atoms with E-state index in [-0.39, 0.29) is 5.91 Å². The van der Waals surface area contributed by atoms with Crippen LogP contribution in [0, 0.1) is 0 Å². The van der Waals surface area contributed by atoms with Gasteiger partial charge in [-0.25, -0.2) is 0 Å². The molecular formula is C17H26N2O. The summed E-state index contributed by atoms with van der Waals surface area (Å²) in [6.07, 6.45) is 5.88. The van der Waals surface area contributed by atoms with E-state index in [1.165, 1.54) is 24.8 Å². The van der Waals surface area contributed by atoms with Gasteiger partial charge in [0.25, 0.3) is 0 Å². The number of aryl methyl sites for hydroxylation is 1. The number of nitrogens with zero attached hydrogens (tertiary/aromatic N) is 1. The van der Waals surface area contributed by atoms with Crippen molar-refractivity contribution in [2.45, 2.75) is 52.0 Å². The van der Waals surface area contributed by atoms with Crippen LogP contribution in [0.25, 0.3) is 0 Å². The van der Waals surface area contributed by atoms with Crippen molar-refractivity contribution in [3.8, 4) is 0 Å². The molecule has 110 valence electrons. The highest BCUT2D eigenvalue weighted by Crippen LogP contribution is 2.19. The predicted octanol–water partition coefficient (Wildman–Crippen LogP) is 3.45. The summed E-state index contributed by atoms with van der Waals surface area (Å²) in [6.45, 7) is 5.92. The lowest BCUT2D eigenvalue weighted by molar-refractivity contribution is -0.118. The standard InChI is InChI=1S/C17H26N2O/c1-3-14-8-7-9-15(12-14)18-17(20)13-19-11-6-5-10-16(19)4-2/h7-9,12,16H,3-6,10-11,13H2,1-2H3,(H,18,20). The molecule has 1 N–H and O–H groups in total. The predicted molar refractivity (Wildman–Crippen MR) is 84.0 cm³/mol. The zero-order valence-electron chi connectivity index (χ0n) is 12.7. The Balaban J connectivity index is 1.90. The van der Waals surface area contributed by atoms with Crippen molar-refractivity contribution in [2.75, 3.05) is 18.4 Å². The van der Waals surface area contributed by atoms with Gasteiger partial charge in [0.15, 0.2) is 0 Å². The third-order valence-corrected chi connectivity index (χ3v) is 4.19. The normalized spacial score (nSPS) is 19.8. The molecule has 1 saturated heterocycles. The van der Waals surface area contributed by atoms with E-state index in [1.807, 2.05) is 12.1 Å². The van der Waals surface area contributed by atoms with E-state index in [0.29, 0.717) is 12.6 Å². The van der Waals surface area contributed by atoms with Gasteiger partial charge in [-0.05, 0) is 49.9 Å². The topological polar surface area (TPSA) is 32.3 Å². The number of carbonyl (C=O) groups is 1. The fraction of sp³-hybridized carbons (Fsp3) is 0.588. The molecule has 1 amide bonds. The number of likely N-dealkylation sites (tertiary alicyclic amines) is 1. The van der Waals surface area contributed by atoms with Gasteiger partial charge in [-0.1, -0.05) is 32.4 Å². The highest BCUT2D eigenvalue weighted by Gasteiger charge is 2.22. The Morgan fingerprint density at radius 2 is 2.20 bits per heavy atom. The van der Waals surface area contributed by atoms with Crippen molar-refractivity contribution in [1.82, 2.24) is 4.90 Å². The SMILES string of the molecule is CCc1cccc(NC(=O)CN2CCCCC2CC)c1. The molecule has 1 fully saturated rings. The summed E-state index contributed by atoms with van der Waals surface area (Å²) in [7, 11) is 0. The Hall–Kier alpha value is -1.35. The fourth-order valence-corrected chi connectivity index (χ4v) is 2.98. The number of rotatable bonds is 5. The molecule has 3 heteroatoms. The van der Waals surface area contributed by atoms with Gasteiger partial charge in [-0.15, -0.1) is 0 Å². The Labute approximate surface area is 122 Å². The number of amides is 1. The lowest BCUT2D eigenvalue weighted by Crippen LogP contribution is -2.43. The van der Waals surface area contributed by atoms with Crippen molar-refractivity contribution in [1.29, 1.82) is 0 Å². The molecule has 1 unspecified atom stereocenters. The molecule has 0 bridgehead atoms. The van der Waals surface area contributed by atoms with E-state index in [0.717, 1.165) is 25.1 Å². The van der Waals surface area contributed by atoms with E-state index in [1.54, 1.807) is 0 Å². The fourth-order valence-electron chi connectivity index (χ4n) is 2.98. The molecule has 20 heavy (non-hydrogen) atoms. The zero-order valence-corrected chi connectivity index (χ0v) is 12.7. The minimum absolute atomic E-state index is 0.110. The Morgan fingerprint density at radius 3 is 2.95 bits per heavy atom. The number of benzene rings is 1. The van der Waals surface area contributed by atoms with Gasteiger partial charge in [-0.3, -0.25) is 9.69 Å². The van der Waals surface area contributed by atoms with Crippen LogP contribution in [0.2, 0.25) is 0 Å². The number of hydrogen-bond acceptors (Lipinski definition) is 2. The smallest absolute Gasteiger partial charge is 0.238 e. The molecule has 1 heterocycles. The quantitative estimate of drug-likeness (QED) is 0.892. The van der Waals surface area contributed by atoms with Crippen LogP contribution >= 0.6 is 0 Å². The van der Waals surface area contributed by atoms with Crippen LogP contribution in [0.1, 0.15) is 45.1 Å². The molecule has 0 spiro atoms. The third kappa shape index (κ3) is 4.07. The Kier molecular flexibility index (Phi) is 5.60. The number of carbonyl (C=O) groups excluding carboxylic acids is 1. The Morgan fingerprint density at radius 1 is 1.35 bits per heavy atom. The highest BCUT2D eigenvalue weighted by atomic mass is 16.2. The second-order valence-electron chi connectivity index (χ2n) is 5.63. The lowest BCUT2D eigenvalue weighted by atomic mass is 10.00. The minimum atomic E-state index is 0.110. The maximum atomic E-state index is 12.2. The van der Waals surface area contributed by atoms with E-state index in [2.05, 4.69) is 36.2 Å². The zero-order chi connectivity index (χ0) is 14.4. The van der Waals surface area contributed by atoms with Crippen LogP contribution < -0.4 is 5.32 Å². The van der Waals surface area contributed by atoms with Crippen molar-refractivity contribution >= 4 is 11.6 Å². The van der Waals surface area contributed by atoms with Crippen molar-refractivity contribution in [3.05, 3.63) is 29.8 Å². The summed E-state index contributed by atoms with van der Waals surface area (Å²) in [5.74, 6) is 0.110. The van der Waals surface area contributed by atoms with Crippen molar-refractivity contribution in [3.63, 3.8) is 0 Å². The average molecular weight is 274 g/mol. The first-order chi connectivity index (χ1) is 9.72. The van der Waals surface area contributed by atoms with Gasteiger partial charge in [-0.2, -0.15) is 0 Å². The van der Waals surface area contributed by atoms with Crippen LogP contribution in [-0.4, -0.2) is 29.9 Å². The third-order valence-electron chi connectivity index (χ3n) is 4.19. The summed E-state index contributed by atoms with van der Waals surface area (Å²) < 4.78 is 0. The van der Waals surface area contributed by atoms with Gasteiger partial charge in [0.05, 0.1) is 6.54 Å². The van der Waals surface area contributed by atoms with E-state index < -0.39 is 0 Å². The molecule has 1 aromatic rings. The number of hydrogen-bond donors (Lipinski definition) is 1. The molecule has 0 aromatic heterocycles. The summed E-state index contributed by atoms with van der Waals surface area (Å²) in [4.78, 5) is 14.5. The molecule has 0 aliphatic carbocycles. The molecular weight excluding hydrogens is 248 g/mol. The monoisotopic (exact) mass is 274 g/mol. The lowest BCUT2D eigenvalue weighted by Gasteiger charge is -2.34. The van der Waals surface area contributed by atoms with Crippen LogP contribution in [-0.2, 0) is 11.2 Å². The number of piperidine rings is 1. The molecule has 3 nitrogen and oxygen atoms in total. The first kappa shape index (κ1) is 15.0. The molecule has 0 radical (unpaired) electrons. The van der Waals surface area contributed by atoms with Gasteiger partial charge in [0, 0.05) is 11.7 Å². The van der Waals surface area contributed by atoms with Crippen molar-refractivity contribution in [2.24, 2.45) is 0 Å². The summed E-state index contributed by atoms with van der Waals surface area (Å²) in [5.41, 5.74) is 2.17. The first-order valence-corrected chi connectivity index (χ1v) is 7.85.